The Morgan fingerprint density at radius 3 is 2.93 bits per heavy atom. The van der Waals surface area contributed by atoms with Crippen LogP contribution in [0, 0.1) is 6.92 Å². The van der Waals surface area contributed by atoms with E-state index in [1.54, 1.807) is 10.9 Å². The van der Waals surface area contributed by atoms with E-state index in [-0.39, 0.29) is 0 Å². The monoisotopic (exact) mass is 210 g/mol. The van der Waals surface area contributed by atoms with Gasteiger partial charge in [-0.05, 0) is 6.92 Å². The quantitative estimate of drug-likeness (QED) is 0.802. The normalized spacial score (nSPS) is 10.4. The van der Waals surface area contributed by atoms with Crippen molar-refractivity contribution < 1.29 is 0 Å². The van der Waals surface area contributed by atoms with E-state index in [0.717, 1.165) is 15.8 Å². The van der Waals surface area contributed by atoms with E-state index in [9.17, 15) is 0 Å². The lowest BCUT2D eigenvalue weighted by Crippen LogP contribution is -2.05. The van der Waals surface area contributed by atoms with Crippen molar-refractivity contribution in [3.63, 3.8) is 0 Å². The molecule has 0 aromatic carbocycles. The largest absolute Gasteiger partial charge is 0.354 e. The summed E-state index contributed by atoms with van der Waals surface area (Å²) in [6.45, 7) is 2.59. The van der Waals surface area contributed by atoms with Crippen molar-refractivity contribution in [3.05, 3.63) is 16.9 Å². The second-order valence-electron chi connectivity index (χ2n) is 2.83. The van der Waals surface area contributed by atoms with Gasteiger partial charge >= 0.3 is 0 Å². The summed E-state index contributed by atoms with van der Waals surface area (Å²) in [5.41, 5.74) is 1.01. The topological polar surface area (TPSA) is 68.5 Å². The summed E-state index contributed by atoms with van der Waals surface area (Å²) in [6.07, 6.45) is 1.72. The highest BCUT2D eigenvalue weighted by Crippen LogP contribution is 2.14. The first-order valence-electron chi connectivity index (χ1n) is 4.13. The van der Waals surface area contributed by atoms with Crippen molar-refractivity contribution in [1.29, 1.82) is 0 Å². The molecule has 0 atom stereocenters. The van der Waals surface area contributed by atoms with Gasteiger partial charge in [-0.1, -0.05) is 16.6 Å². The van der Waals surface area contributed by atoms with Crippen molar-refractivity contribution in [2.75, 3.05) is 5.32 Å². The molecule has 0 aliphatic rings. The number of aromatic nitrogens is 5. The van der Waals surface area contributed by atoms with Crippen LogP contribution in [0.4, 0.5) is 5.13 Å². The zero-order valence-corrected chi connectivity index (χ0v) is 8.75. The Balaban J connectivity index is 1.98. The highest BCUT2D eigenvalue weighted by molar-refractivity contribution is 7.15. The molecule has 0 fully saturated rings. The summed E-state index contributed by atoms with van der Waals surface area (Å²) in [5.74, 6) is 0. The summed E-state index contributed by atoms with van der Waals surface area (Å²) in [6, 6.07) is 0. The number of anilines is 1. The molecule has 0 radical (unpaired) electrons. The van der Waals surface area contributed by atoms with Gasteiger partial charge in [0.25, 0.3) is 0 Å². The molecule has 1 N–H and O–H groups in total. The molecular weight excluding hydrogens is 200 g/mol. The summed E-state index contributed by atoms with van der Waals surface area (Å²) >= 11 is 1.53. The molecule has 0 bridgehead atoms. The van der Waals surface area contributed by atoms with Crippen LogP contribution in [0.1, 0.15) is 10.7 Å². The van der Waals surface area contributed by atoms with E-state index in [4.69, 9.17) is 0 Å². The molecule has 2 aromatic rings. The maximum absolute atomic E-state index is 3.95. The molecule has 7 heteroatoms. The Hall–Kier alpha value is -1.50. The predicted octanol–water partition coefficient (Wildman–Crippen LogP) is 0.587. The van der Waals surface area contributed by atoms with Gasteiger partial charge < -0.3 is 5.32 Å². The van der Waals surface area contributed by atoms with E-state index in [2.05, 4.69) is 25.8 Å². The van der Waals surface area contributed by atoms with E-state index in [1.807, 2.05) is 14.0 Å². The van der Waals surface area contributed by atoms with Crippen molar-refractivity contribution in [2.45, 2.75) is 13.5 Å². The molecule has 6 nitrogen and oxygen atoms in total. The van der Waals surface area contributed by atoms with E-state index < -0.39 is 0 Å². The van der Waals surface area contributed by atoms with Crippen LogP contribution in [0.3, 0.4) is 0 Å². The Labute approximate surface area is 85.0 Å². The zero-order valence-electron chi connectivity index (χ0n) is 7.93. The Bertz CT molecular complexity index is 419. The molecule has 0 unspecified atom stereocenters. The third-order valence-electron chi connectivity index (χ3n) is 1.75. The summed E-state index contributed by atoms with van der Waals surface area (Å²) < 4.78 is 1.72. The highest BCUT2D eigenvalue weighted by Gasteiger charge is 2.02. The van der Waals surface area contributed by atoms with Crippen LogP contribution in [-0.4, -0.2) is 25.2 Å². The molecule has 0 aliphatic carbocycles. The molecule has 74 valence electrons. The maximum atomic E-state index is 3.95. The minimum atomic E-state index is 0.665. The van der Waals surface area contributed by atoms with Crippen LogP contribution < -0.4 is 5.32 Å². The zero-order chi connectivity index (χ0) is 9.97. The molecule has 2 heterocycles. The van der Waals surface area contributed by atoms with E-state index in [0.29, 0.717) is 6.54 Å². The van der Waals surface area contributed by atoms with Gasteiger partial charge in [0.15, 0.2) is 0 Å². The molecule has 2 aromatic heterocycles. The van der Waals surface area contributed by atoms with Gasteiger partial charge in [0.2, 0.25) is 5.13 Å². The van der Waals surface area contributed by atoms with Gasteiger partial charge in [0.1, 0.15) is 5.01 Å². The van der Waals surface area contributed by atoms with Gasteiger partial charge in [-0.25, -0.2) is 0 Å². The summed E-state index contributed by atoms with van der Waals surface area (Å²) in [5, 5.41) is 20.4. The molecular formula is C7H10N6S. The van der Waals surface area contributed by atoms with Crippen molar-refractivity contribution >= 4 is 16.5 Å². The molecule has 0 amide bonds. The predicted molar refractivity (Wildman–Crippen MR) is 53.0 cm³/mol. The maximum Gasteiger partial charge on any atom is 0.205 e. The first kappa shape index (κ1) is 9.07. The number of nitrogens with one attached hydrogen (secondary N) is 1. The number of hydrogen-bond donors (Lipinski definition) is 1. The SMILES string of the molecule is Cc1nnc(NCc2cnnn2C)s1. The number of nitrogens with zero attached hydrogens (tertiary/aromatic N) is 5. The third kappa shape index (κ3) is 1.87. The summed E-state index contributed by atoms with van der Waals surface area (Å²) in [7, 11) is 1.86. The number of rotatable bonds is 3. The first-order valence-corrected chi connectivity index (χ1v) is 4.95. The van der Waals surface area contributed by atoms with Gasteiger partial charge in [-0.15, -0.1) is 15.3 Å². The highest BCUT2D eigenvalue weighted by atomic mass is 32.1. The lowest BCUT2D eigenvalue weighted by molar-refractivity contribution is 0.683. The van der Waals surface area contributed by atoms with Crippen LogP contribution in [0.5, 0.6) is 0 Å². The Kier molecular flexibility index (Phi) is 2.40. The second-order valence-corrected chi connectivity index (χ2v) is 4.01. The molecule has 0 saturated heterocycles. The number of hydrogen-bond acceptors (Lipinski definition) is 6. The molecule has 0 spiro atoms. The number of aryl methyl sites for hydroxylation is 2. The molecule has 0 saturated carbocycles. The van der Waals surface area contributed by atoms with Gasteiger partial charge in [0, 0.05) is 7.05 Å². The fourth-order valence-corrected chi connectivity index (χ4v) is 1.59. The van der Waals surface area contributed by atoms with E-state index >= 15 is 0 Å². The smallest absolute Gasteiger partial charge is 0.205 e. The average molecular weight is 210 g/mol. The van der Waals surface area contributed by atoms with Crippen molar-refractivity contribution in [3.8, 4) is 0 Å². The average Bonchev–Trinajstić information content (AvgIpc) is 2.72. The molecule has 2 rings (SSSR count). The van der Waals surface area contributed by atoms with Gasteiger partial charge in [0.05, 0.1) is 18.4 Å². The summed E-state index contributed by atoms with van der Waals surface area (Å²) in [4.78, 5) is 0. The van der Waals surface area contributed by atoms with Crippen LogP contribution in [0.15, 0.2) is 6.20 Å². The molecule has 0 aliphatic heterocycles. The standard InChI is InChI=1S/C7H10N6S/c1-5-10-11-7(14-5)8-3-6-4-9-12-13(6)2/h4H,3H2,1-2H3,(H,8,11). The minimum Gasteiger partial charge on any atom is -0.354 e. The first-order chi connectivity index (χ1) is 6.75. The van der Waals surface area contributed by atoms with Crippen LogP contribution in [0.25, 0.3) is 0 Å². The fraction of sp³-hybridized carbons (Fsp3) is 0.429. The fourth-order valence-electron chi connectivity index (χ4n) is 1.01. The third-order valence-corrected chi connectivity index (χ3v) is 2.55. The lowest BCUT2D eigenvalue weighted by atomic mass is 10.5. The second kappa shape index (κ2) is 3.70. The van der Waals surface area contributed by atoms with Gasteiger partial charge in [-0.3, -0.25) is 4.68 Å². The molecule has 14 heavy (non-hydrogen) atoms. The Morgan fingerprint density at radius 1 is 1.50 bits per heavy atom. The van der Waals surface area contributed by atoms with Crippen molar-refractivity contribution in [2.24, 2.45) is 7.05 Å². The van der Waals surface area contributed by atoms with Gasteiger partial charge in [-0.2, -0.15) is 0 Å². The van der Waals surface area contributed by atoms with Crippen LogP contribution in [0.2, 0.25) is 0 Å². The van der Waals surface area contributed by atoms with Crippen LogP contribution >= 0.6 is 11.3 Å². The van der Waals surface area contributed by atoms with Crippen molar-refractivity contribution in [1.82, 2.24) is 25.2 Å². The lowest BCUT2D eigenvalue weighted by Gasteiger charge is -2.00. The van der Waals surface area contributed by atoms with E-state index in [1.165, 1.54) is 11.3 Å². The minimum absolute atomic E-state index is 0.665. The van der Waals surface area contributed by atoms with Crippen LogP contribution in [-0.2, 0) is 13.6 Å². The Morgan fingerprint density at radius 2 is 2.36 bits per heavy atom.